The van der Waals surface area contributed by atoms with Crippen molar-refractivity contribution in [2.24, 2.45) is 4.99 Å². The third-order valence-electron chi connectivity index (χ3n) is 5.77. The van der Waals surface area contributed by atoms with Gasteiger partial charge < -0.3 is 20.3 Å². The molecule has 2 aromatic rings. The van der Waals surface area contributed by atoms with Crippen LogP contribution in [0.2, 0.25) is 0 Å². The van der Waals surface area contributed by atoms with Crippen molar-refractivity contribution in [2.45, 2.75) is 17.7 Å². The van der Waals surface area contributed by atoms with Crippen LogP contribution in [-0.2, 0) is 16.4 Å². The Bertz CT molecular complexity index is 1190. The molecule has 0 radical (unpaired) electrons. The summed E-state index contributed by atoms with van der Waals surface area (Å²) in [4.78, 5) is 6.57. The SMILES string of the molecule is CN1CCOc2cc(S(=O)(=O)Nc3ccc4c(c3)C(=CNC3=NCCN3)CC4)ccc21. The smallest absolute Gasteiger partial charge is 0.262 e. The van der Waals surface area contributed by atoms with Crippen LogP contribution in [0.5, 0.6) is 5.75 Å². The lowest BCUT2D eigenvalue weighted by Crippen LogP contribution is -2.30. The molecule has 0 saturated heterocycles. The quantitative estimate of drug-likeness (QED) is 0.676. The molecule has 5 rings (SSSR count). The van der Waals surface area contributed by atoms with Gasteiger partial charge in [0.15, 0.2) is 5.96 Å². The van der Waals surface area contributed by atoms with Crippen LogP contribution < -0.4 is 25.0 Å². The first-order valence-electron chi connectivity index (χ1n) is 10.4. The molecule has 0 saturated carbocycles. The third kappa shape index (κ3) is 3.93. The minimum atomic E-state index is -3.74. The standard InChI is InChI=1S/C22H25N5O3S/c1-27-10-11-30-21-13-18(6-7-20(21)27)31(28,29)26-17-5-4-15-2-3-16(19(15)12-17)14-25-22-23-8-9-24-22/h4-7,12-14,26H,2-3,8-11H2,1H3,(H2,23,24,25). The molecule has 0 amide bonds. The molecule has 0 atom stereocenters. The van der Waals surface area contributed by atoms with E-state index in [0.29, 0.717) is 18.0 Å². The molecular formula is C22H25N5O3S. The molecule has 1 aliphatic carbocycles. The zero-order valence-electron chi connectivity index (χ0n) is 17.3. The Morgan fingerprint density at radius 1 is 1.19 bits per heavy atom. The number of anilines is 2. The summed E-state index contributed by atoms with van der Waals surface area (Å²) >= 11 is 0. The zero-order valence-corrected chi connectivity index (χ0v) is 18.1. The Morgan fingerprint density at radius 3 is 2.94 bits per heavy atom. The average molecular weight is 440 g/mol. The van der Waals surface area contributed by atoms with Gasteiger partial charge in [0.25, 0.3) is 10.0 Å². The second kappa shape index (κ2) is 7.81. The van der Waals surface area contributed by atoms with Crippen molar-refractivity contribution in [1.82, 2.24) is 10.6 Å². The Labute approximate surface area is 182 Å². The highest BCUT2D eigenvalue weighted by Crippen LogP contribution is 2.35. The van der Waals surface area contributed by atoms with Crippen molar-refractivity contribution >= 4 is 32.9 Å². The van der Waals surface area contributed by atoms with E-state index in [-0.39, 0.29) is 4.90 Å². The van der Waals surface area contributed by atoms with E-state index >= 15 is 0 Å². The Morgan fingerprint density at radius 2 is 2.10 bits per heavy atom. The first kappa shape index (κ1) is 19.7. The molecule has 0 aromatic heterocycles. The number of allylic oxidation sites excluding steroid dienone is 1. The summed E-state index contributed by atoms with van der Waals surface area (Å²) < 4.78 is 34.4. The average Bonchev–Trinajstić information content (AvgIpc) is 3.41. The Hall–Kier alpha value is -3.20. The lowest BCUT2D eigenvalue weighted by Gasteiger charge is -2.27. The third-order valence-corrected chi connectivity index (χ3v) is 7.15. The van der Waals surface area contributed by atoms with Crippen LogP contribution >= 0.6 is 0 Å². The Balaban J connectivity index is 1.38. The molecule has 31 heavy (non-hydrogen) atoms. The van der Waals surface area contributed by atoms with E-state index in [1.54, 1.807) is 18.2 Å². The van der Waals surface area contributed by atoms with Gasteiger partial charge in [-0.1, -0.05) is 6.07 Å². The highest BCUT2D eigenvalue weighted by atomic mass is 32.2. The van der Waals surface area contributed by atoms with Crippen LogP contribution in [0.3, 0.4) is 0 Å². The van der Waals surface area contributed by atoms with Gasteiger partial charge in [0.1, 0.15) is 12.4 Å². The van der Waals surface area contributed by atoms with Crippen molar-refractivity contribution in [3.8, 4) is 5.75 Å². The monoisotopic (exact) mass is 439 g/mol. The van der Waals surface area contributed by atoms with Gasteiger partial charge in [-0.05, 0) is 53.8 Å². The second-order valence-corrected chi connectivity index (χ2v) is 9.53. The number of fused-ring (bicyclic) bond motifs is 2. The predicted molar refractivity (Wildman–Crippen MR) is 122 cm³/mol. The van der Waals surface area contributed by atoms with Crippen LogP contribution in [0.4, 0.5) is 11.4 Å². The van der Waals surface area contributed by atoms with Gasteiger partial charge >= 0.3 is 0 Å². The van der Waals surface area contributed by atoms with E-state index in [9.17, 15) is 8.42 Å². The highest BCUT2D eigenvalue weighted by molar-refractivity contribution is 7.92. The van der Waals surface area contributed by atoms with Gasteiger partial charge in [-0.2, -0.15) is 0 Å². The first-order chi connectivity index (χ1) is 15.0. The molecule has 2 aromatic carbocycles. The number of nitrogens with zero attached hydrogens (tertiary/aromatic N) is 2. The largest absolute Gasteiger partial charge is 0.490 e. The normalized spacial score (nSPS) is 18.7. The van der Waals surface area contributed by atoms with E-state index in [4.69, 9.17) is 4.74 Å². The van der Waals surface area contributed by atoms with E-state index < -0.39 is 10.0 Å². The van der Waals surface area contributed by atoms with Gasteiger partial charge in [0, 0.05) is 31.5 Å². The fraction of sp³-hybridized carbons (Fsp3) is 0.318. The van der Waals surface area contributed by atoms with E-state index in [1.807, 2.05) is 31.4 Å². The number of likely N-dealkylation sites (N-methyl/N-ethyl adjacent to an activating group) is 1. The number of guanidine groups is 1. The number of hydrogen-bond acceptors (Lipinski definition) is 7. The summed E-state index contributed by atoms with van der Waals surface area (Å²) in [5.74, 6) is 1.36. The molecular weight excluding hydrogens is 414 g/mol. The summed E-state index contributed by atoms with van der Waals surface area (Å²) in [5, 5.41) is 6.39. The number of sulfonamides is 1. The fourth-order valence-electron chi connectivity index (χ4n) is 4.08. The first-order valence-corrected chi connectivity index (χ1v) is 11.9. The van der Waals surface area contributed by atoms with E-state index in [0.717, 1.165) is 55.3 Å². The number of aliphatic imine (C=N–C) groups is 1. The van der Waals surface area contributed by atoms with Crippen LogP contribution in [-0.4, -0.2) is 47.7 Å². The topological polar surface area (TPSA) is 95.1 Å². The van der Waals surface area contributed by atoms with Crippen molar-refractivity contribution in [3.63, 3.8) is 0 Å². The number of ether oxygens (including phenoxy) is 1. The number of nitrogens with one attached hydrogen (secondary N) is 3. The predicted octanol–water partition coefficient (Wildman–Crippen LogP) is 2.15. The molecule has 0 unspecified atom stereocenters. The van der Waals surface area contributed by atoms with E-state index in [1.165, 1.54) is 5.56 Å². The summed E-state index contributed by atoms with van der Waals surface area (Å²) in [6.45, 7) is 2.94. The highest BCUT2D eigenvalue weighted by Gasteiger charge is 2.22. The number of aryl methyl sites for hydroxylation is 1. The second-order valence-electron chi connectivity index (χ2n) is 7.85. The number of benzene rings is 2. The minimum absolute atomic E-state index is 0.185. The maximum Gasteiger partial charge on any atom is 0.262 e. The van der Waals surface area contributed by atoms with Gasteiger partial charge in [-0.25, -0.2) is 8.42 Å². The molecule has 162 valence electrons. The van der Waals surface area contributed by atoms with Gasteiger partial charge in [-0.3, -0.25) is 9.71 Å². The van der Waals surface area contributed by atoms with Crippen LogP contribution in [0.1, 0.15) is 17.5 Å². The van der Waals surface area contributed by atoms with Crippen molar-refractivity contribution < 1.29 is 13.2 Å². The van der Waals surface area contributed by atoms with Crippen LogP contribution in [0.25, 0.3) is 5.57 Å². The Kier molecular flexibility index (Phi) is 4.97. The molecule has 0 fully saturated rings. The summed E-state index contributed by atoms with van der Waals surface area (Å²) in [6, 6.07) is 10.7. The lowest BCUT2D eigenvalue weighted by molar-refractivity contribution is 0.310. The molecule has 3 aliphatic rings. The summed E-state index contributed by atoms with van der Waals surface area (Å²) in [5.41, 5.74) is 4.84. The number of hydrogen-bond donors (Lipinski definition) is 3. The van der Waals surface area contributed by atoms with Gasteiger partial charge in [0.2, 0.25) is 0 Å². The number of rotatable bonds is 4. The molecule has 2 heterocycles. The van der Waals surface area contributed by atoms with Gasteiger partial charge in [0.05, 0.1) is 23.7 Å². The minimum Gasteiger partial charge on any atom is -0.490 e. The molecule has 9 heteroatoms. The van der Waals surface area contributed by atoms with E-state index in [2.05, 4.69) is 25.2 Å². The molecule has 3 N–H and O–H groups in total. The molecule has 8 nitrogen and oxygen atoms in total. The molecule has 0 spiro atoms. The van der Waals surface area contributed by atoms with Crippen LogP contribution in [0, 0.1) is 0 Å². The van der Waals surface area contributed by atoms with Crippen LogP contribution in [0.15, 0.2) is 52.5 Å². The van der Waals surface area contributed by atoms with Crippen molar-refractivity contribution in [3.05, 3.63) is 53.7 Å². The fourth-order valence-corrected chi connectivity index (χ4v) is 5.14. The molecule has 2 aliphatic heterocycles. The lowest BCUT2D eigenvalue weighted by atomic mass is 10.1. The van der Waals surface area contributed by atoms with Crippen molar-refractivity contribution in [2.75, 3.05) is 42.9 Å². The maximum atomic E-state index is 13.0. The maximum absolute atomic E-state index is 13.0. The summed E-state index contributed by atoms with van der Waals surface area (Å²) in [6.07, 6.45) is 3.80. The van der Waals surface area contributed by atoms with Crippen molar-refractivity contribution in [1.29, 1.82) is 0 Å². The molecule has 0 bridgehead atoms. The zero-order chi connectivity index (χ0) is 21.4. The van der Waals surface area contributed by atoms with Gasteiger partial charge in [-0.15, -0.1) is 0 Å². The summed E-state index contributed by atoms with van der Waals surface area (Å²) in [7, 11) is -1.77.